The van der Waals surface area contributed by atoms with Crippen LogP contribution in [0.2, 0.25) is 18.1 Å². The molecule has 37 heavy (non-hydrogen) atoms. The second kappa shape index (κ2) is 11.5. The molecule has 3 rings (SSSR count). The molecule has 1 N–H and O–H groups in total. The summed E-state index contributed by atoms with van der Waals surface area (Å²) >= 11 is 0. The van der Waals surface area contributed by atoms with E-state index in [0.717, 1.165) is 18.3 Å². The zero-order valence-electron chi connectivity index (χ0n) is 26.3. The van der Waals surface area contributed by atoms with Crippen LogP contribution in [0.4, 0.5) is 0 Å². The van der Waals surface area contributed by atoms with Crippen molar-refractivity contribution in [1.29, 1.82) is 0 Å². The summed E-state index contributed by atoms with van der Waals surface area (Å²) < 4.78 is 6.88. The lowest BCUT2D eigenvalue weighted by Crippen LogP contribution is -2.45. The fourth-order valence-corrected chi connectivity index (χ4v) is 8.70. The average molecular weight is 529 g/mol. The van der Waals surface area contributed by atoms with Gasteiger partial charge in [-0.15, -0.1) is 0 Å². The molecule has 0 spiro atoms. The van der Waals surface area contributed by atoms with E-state index in [0.29, 0.717) is 23.4 Å². The molecule has 0 aliphatic heterocycles. The van der Waals surface area contributed by atoms with Crippen LogP contribution >= 0.6 is 0 Å². The summed E-state index contributed by atoms with van der Waals surface area (Å²) in [6, 6.07) is 0. The van der Waals surface area contributed by atoms with Crippen molar-refractivity contribution in [3.8, 4) is 0 Å². The summed E-state index contributed by atoms with van der Waals surface area (Å²) in [6.07, 6.45) is 20.3. The van der Waals surface area contributed by atoms with E-state index in [4.69, 9.17) is 4.43 Å². The van der Waals surface area contributed by atoms with Gasteiger partial charge in [0.25, 0.3) is 0 Å². The summed E-state index contributed by atoms with van der Waals surface area (Å²) in [5, 5.41) is 10.6. The molecule has 0 heterocycles. The molecule has 3 heteroatoms. The van der Waals surface area contributed by atoms with Gasteiger partial charge in [0, 0.05) is 12.0 Å². The topological polar surface area (TPSA) is 29.5 Å². The Balaban J connectivity index is 1.72. The third kappa shape index (κ3) is 7.31. The Morgan fingerprint density at radius 2 is 1.70 bits per heavy atom. The lowest BCUT2D eigenvalue weighted by molar-refractivity contribution is 0.0436. The Morgan fingerprint density at radius 3 is 2.32 bits per heavy atom. The molecule has 0 aromatic heterocycles. The second-order valence-electron chi connectivity index (χ2n) is 15.6. The van der Waals surface area contributed by atoms with Gasteiger partial charge in [0.05, 0.1) is 5.60 Å². The predicted molar refractivity (Wildman–Crippen MR) is 163 cm³/mol. The van der Waals surface area contributed by atoms with Crippen molar-refractivity contribution >= 4 is 8.32 Å². The Hall–Kier alpha value is -0.643. The lowest BCUT2D eigenvalue weighted by Gasteiger charge is -2.44. The van der Waals surface area contributed by atoms with Crippen LogP contribution in [0.1, 0.15) is 114 Å². The zero-order valence-corrected chi connectivity index (χ0v) is 27.3. The number of fused-ring (bicyclic) bond motifs is 1. The van der Waals surface area contributed by atoms with Crippen LogP contribution in [-0.4, -0.2) is 25.1 Å². The van der Waals surface area contributed by atoms with Crippen molar-refractivity contribution in [3.63, 3.8) is 0 Å². The van der Waals surface area contributed by atoms with E-state index in [2.05, 4.69) is 85.9 Å². The highest BCUT2D eigenvalue weighted by atomic mass is 28.4. The van der Waals surface area contributed by atoms with E-state index in [1.807, 2.05) is 13.8 Å². The van der Waals surface area contributed by atoms with Crippen LogP contribution in [0.15, 0.2) is 35.5 Å². The van der Waals surface area contributed by atoms with Crippen molar-refractivity contribution in [2.45, 2.75) is 144 Å². The molecule has 0 radical (unpaired) electrons. The first-order valence-corrected chi connectivity index (χ1v) is 18.3. The molecular formula is C34H60O2Si. The van der Waals surface area contributed by atoms with Crippen molar-refractivity contribution < 1.29 is 9.53 Å². The maximum atomic E-state index is 10.4. The van der Waals surface area contributed by atoms with Gasteiger partial charge in [-0.05, 0) is 112 Å². The largest absolute Gasteiger partial charge is 0.414 e. The highest BCUT2D eigenvalue weighted by Crippen LogP contribution is 2.59. The molecule has 7 atom stereocenters. The van der Waals surface area contributed by atoms with Crippen molar-refractivity contribution in [1.82, 2.24) is 0 Å². The van der Waals surface area contributed by atoms with Gasteiger partial charge in [0.1, 0.15) is 0 Å². The van der Waals surface area contributed by atoms with E-state index in [1.165, 1.54) is 44.9 Å². The minimum Gasteiger partial charge on any atom is -0.414 e. The van der Waals surface area contributed by atoms with Gasteiger partial charge in [-0.1, -0.05) is 83.9 Å². The Kier molecular flexibility index (Phi) is 9.57. The molecule has 0 saturated heterocycles. The van der Waals surface area contributed by atoms with Gasteiger partial charge in [0.2, 0.25) is 0 Å². The van der Waals surface area contributed by atoms with E-state index < -0.39 is 13.9 Å². The third-order valence-electron chi connectivity index (χ3n) is 11.1. The van der Waals surface area contributed by atoms with Crippen LogP contribution in [0.25, 0.3) is 0 Å². The number of aliphatic hydroxyl groups is 1. The number of hydrogen-bond acceptors (Lipinski definition) is 2. The molecule has 0 aromatic rings. The molecule has 0 unspecified atom stereocenters. The van der Waals surface area contributed by atoms with E-state index in [9.17, 15) is 5.11 Å². The third-order valence-corrected chi connectivity index (χ3v) is 15.6. The first-order chi connectivity index (χ1) is 16.9. The number of allylic oxidation sites excluding steroid dienone is 4. The summed E-state index contributed by atoms with van der Waals surface area (Å²) in [7, 11) is -1.74. The first kappa shape index (κ1) is 30.9. The lowest BCUT2D eigenvalue weighted by atomic mass is 9.61. The van der Waals surface area contributed by atoms with Crippen LogP contribution < -0.4 is 0 Å². The number of hydrogen-bond donors (Lipinski definition) is 1. The van der Waals surface area contributed by atoms with E-state index in [-0.39, 0.29) is 11.0 Å². The van der Waals surface area contributed by atoms with Gasteiger partial charge >= 0.3 is 0 Å². The Morgan fingerprint density at radius 1 is 1.03 bits per heavy atom. The smallest absolute Gasteiger partial charge is 0.192 e. The quantitative estimate of drug-likeness (QED) is 0.263. The normalized spacial score (nSPS) is 35.8. The molecule has 0 aromatic carbocycles. The maximum Gasteiger partial charge on any atom is 0.192 e. The van der Waals surface area contributed by atoms with Gasteiger partial charge in [0.15, 0.2) is 8.32 Å². The van der Waals surface area contributed by atoms with Crippen molar-refractivity contribution in [2.24, 2.45) is 35.0 Å². The maximum absolute atomic E-state index is 10.4. The molecule has 212 valence electrons. The van der Waals surface area contributed by atoms with Crippen molar-refractivity contribution in [2.75, 3.05) is 0 Å². The van der Waals surface area contributed by atoms with Gasteiger partial charge in [-0.25, -0.2) is 0 Å². The van der Waals surface area contributed by atoms with Crippen molar-refractivity contribution in [3.05, 3.63) is 35.5 Å². The highest BCUT2D eigenvalue weighted by molar-refractivity contribution is 6.74. The van der Waals surface area contributed by atoms with E-state index >= 15 is 0 Å². The summed E-state index contributed by atoms with van der Waals surface area (Å²) in [4.78, 5) is 0. The fourth-order valence-electron chi connectivity index (χ4n) is 7.34. The molecule has 3 fully saturated rings. The van der Waals surface area contributed by atoms with Gasteiger partial charge < -0.3 is 9.53 Å². The van der Waals surface area contributed by atoms with E-state index in [1.54, 1.807) is 11.1 Å². The van der Waals surface area contributed by atoms with Crippen LogP contribution in [-0.2, 0) is 4.43 Å². The standard InChI is InChI=1S/C34H60O2Si/c1-24-21-27(23-29(22-24)36-37(10,11)32(4,5)6)16-17-28-13-12-20-34(9)30(18-19-31(28)34)25(2)14-15-26(3)33(7,8)35/h14-17,24-26,29-31,35H,12-13,18-23H2,1-11H3/b15-14+,27-16-,28-17+/t24-,25-,26+,29+,30-,31+,34-/m1/s1. The zero-order chi connectivity index (χ0) is 27.8. The SMILES string of the molecule is C[C@@H]1C/C(=C/C=C2\CCC[C@]3(C)[C@@H]([C@H](C)/C=C/[C@H](C)C(C)(C)O)CC[C@@H]23)C[C@@H](O[Si](C)(C)C(C)(C)C)C1. The first-order valence-electron chi connectivity index (χ1n) is 15.4. The Labute approximate surface area is 231 Å². The van der Waals surface area contributed by atoms with Crippen LogP contribution in [0.5, 0.6) is 0 Å². The minimum atomic E-state index is -1.74. The van der Waals surface area contributed by atoms with Crippen LogP contribution in [0.3, 0.4) is 0 Å². The second-order valence-corrected chi connectivity index (χ2v) is 20.4. The number of rotatable bonds is 7. The summed E-state index contributed by atoms with van der Waals surface area (Å²) in [5.74, 6) is 2.90. The molecule has 3 aliphatic rings. The Bertz CT molecular complexity index is 867. The molecule has 3 saturated carbocycles. The monoisotopic (exact) mass is 528 g/mol. The predicted octanol–water partition coefficient (Wildman–Crippen LogP) is 9.87. The molecule has 3 aliphatic carbocycles. The fraction of sp³-hybridized carbons (Fsp3) is 0.824. The molecular weight excluding hydrogens is 468 g/mol. The average Bonchev–Trinajstić information content (AvgIpc) is 3.11. The molecule has 0 amide bonds. The van der Waals surface area contributed by atoms with Gasteiger partial charge in [-0.3, -0.25) is 0 Å². The summed E-state index contributed by atoms with van der Waals surface area (Å²) in [5.41, 5.74) is 3.06. The molecule has 0 bridgehead atoms. The highest BCUT2D eigenvalue weighted by Gasteiger charge is 2.50. The molecule has 2 nitrogen and oxygen atoms in total. The minimum absolute atomic E-state index is 0.177. The summed E-state index contributed by atoms with van der Waals surface area (Å²) in [6.45, 7) is 25.2. The van der Waals surface area contributed by atoms with Crippen LogP contribution in [0, 0.1) is 35.0 Å². The van der Waals surface area contributed by atoms with Gasteiger partial charge in [-0.2, -0.15) is 0 Å².